The number of nitrogens with one attached hydrogen (secondary N) is 1. The summed E-state index contributed by atoms with van der Waals surface area (Å²) in [7, 11) is 0. The zero-order valence-electron chi connectivity index (χ0n) is 10.6. The van der Waals surface area contributed by atoms with Gasteiger partial charge in [0.2, 0.25) is 0 Å². The molecule has 0 radical (unpaired) electrons. The lowest BCUT2D eigenvalue weighted by atomic mass is 9.81. The molecule has 1 aliphatic carbocycles. The lowest BCUT2D eigenvalue weighted by molar-refractivity contribution is 0.249. The van der Waals surface area contributed by atoms with Crippen LogP contribution in [0.25, 0.3) is 0 Å². The fourth-order valence-corrected chi connectivity index (χ4v) is 2.56. The predicted molar refractivity (Wildman–Crippen MR) is 72.4 cm³/mol. The van der Waals surface area contributed by atoms with E-state index in [-0.39, 0.29) is 0 Å². The highest BCUT2D eigenvalue weighted by Crippen LogP contribution is 2.27. The number of carbonyl (C=O) groups excluding carboxylic acids is 1. The molecule has 1 atom stereocenters. The summed E-state index contributed by atoms with van der Waals surface area (Å²) in [6.07, 6.45) is 4.33. The van der Waals surface area contributed by atoms with Crippen LogP contribution in [-0.4, -0.2) is 11.7 Å². The van der Waals surface area contributed by atoms with Gasteiger partial charge >= 0.3 is 6.03 Å². The van der Waals surface area contributed by atoms with Crippen LogP contribution in [0, 0.1) is 5.92 Å². The molecular formula is C14H19N3O. The van der Waals surface area contributed by atoms with Gasteiger partial charge in [0.1, 0.15) is 0 Å². The number of primary amides is 1. The van der Waals surface area contributed by atoms with Gasteiger partial charge in [0, 0.05) is 5.71 Å². The van der Waals surface area contributed by atoms with Crippen molar-refractivity contribution in [2.45, 2.75) is 32.6 Å². The molecule has 1 aromatic carbocycles. The average Bonchev–Trinajstić information content (AvgIpc) is 2.36. The van der Waals surface area contributed by atoms with E-state index in [1.54, 1.807) is 0 Å². The van der Waals surface area contributed by atoms with Crippen LogP contribution in [0.15, 0.2) is 29.4 Å². The summed E-state index contributed by atoms with van der Waals surface area (Å²) in [5.41, 5.74) is 11.1. The first-order valence-electron chi connectivity index (χ1n) is 6.30. The third-order valence-corrected chi connectivity index (χ3v) is 3.39. The van der Waals surface area contributed by atoms with Crippen molar-refractivity contribution in [2.24, 2.45) is 16.8 Å². The molecule has 0 aliphatic heterocycles. The Morgan fingerprint density at radius 3 is 2.89 bits per heavy atom. The van der Waals surface area contributed by atoms with Gasteiger partial charge in [0.25, 0.3) is 0 Å². The van der Waals surface area contributed by atoms with Crippen molar-refractivity contribution < 1.29 is 4.79 Å². The summed E-state index contributed by atoms with van der Waals surface area (Å²) in [5.74, 6) is 0.610. The Bertz CT molecular complexity index is 468. The zero-order valence-corrected chi connectivity index (χ0v) is 10.6. The van der Waals surface area contributed by atoms with Crippen molar-refractivity contribution in [3.05, 3.63) is 35.4 Å². The van der Waals surface area contributed by atoms with Gasteiger partial charge in [-0.25, -0.2) is 10.2 Å². The average molecular weight is 245 g/mol. The van der Waals surface area contributed by atoms with E-state index < -0.39 is 6.03 Å². The fraction of sp³-hybridized carbons (Fsp3) is 0.429. The number of hydrazone groups is 1. The second kappa shape index (κ2) is 5.67. The largest absolute Gasteiger partial charge is 0.350 e. The molecular weight excluding hydrogens is 226 g/mol. The van der Waals surface area contributed by atoms with Crippen LogP contribution in [0.5, 0.6) is 0 Å². The Kier molecular flexibility index (Phi) is 3.97. The van der Waals surface area contributed by atoms with Gasteiger partial charge in [-0.2, -0.15) is 5.10 Å². The molecule has 1 aliphatic rings. The Morgan fingerprint density at radius 1 is 1.44 bits per heavy atom. The minimum atomic E-state index is -0.608. The van der Waals surface area contributed by atoms with Crippen molar-refractivity contribution in [1.29, 1.82) is 0 Å². The lowest BCUT2D eigenvalue weighted by Gasteiger charge is -2.24. The molecule has 0 aromatic heterocycles. The van der Waals surface area contributed by atoms with Crippen LogP contribution in [0.4, 0.5) is 4.79 Å². The maximum Gasteiger partial charge on any atom is 0.332 e. The second-order valence-corrected chi connectivity index (χ2v) is 4.90. The van der Waals surface area contributed by atoms with E-state index in [2.05, 4.69) is 34.8 Å². The van der Waals surface area contributed by atoms with Crippen LogP contribution in [-0.2, 0) is 12.8 Å². The Balaban J connectivity index is 1.93. The molecule has 18 heavy (non-hydrogen) atoms. The van der Waals surface area contributed by atoms with Gasteiger partial charge in [0.05, 0.1) is 0 Å². The number of benzene rings is 1. The van der Waals surface area contributed by atoms with Crippen molar-refractivity contribution in [3.63, 3.8) is 0 Å². The first kappa shape index (κ1) is 12.6. The smallest absolute Gasteiger partial charge is 0.332 e. The Labute approximate surface area is 107 Å². The van der Waals surface area contributed by atoms with Gasteiger partial charge < -0.3 is 5.73 Å². The topological polar surface area (TPSA) is 67.5 Å². The SMILES string of the molecule is CC(CC1CCc2ccccc2C1)=NNC(N)=O. The van der Waals surface area contributed by atoms with Crippen LogP contribution < -0.4 is 11.2 Å². The minimum absolute atomic E-state index is 0.608. The van der Waals surface area contributed by atoms with Crippen LogP contribution >= 0.6 is 0 Å². The first-order valence-corrected chi connectivity index (χ1v) is 6.30. The van der Waals surface area contributed by atoms with Gasteiger partial charge in [-0.1, -0.05) is 24.3 Å². The molecule has 3 N–H and O–H groups in total. The summed E-state index contributed by atoms with van der Waals surface area (Å²) in [6, 6.07) is 8.00. The Hall–Kier alpha value is -1.84. The molecule has 2 amide bonds. The number of rotatable bonds is 3. The van der Waals surface area contributed by atoms with E-state index in [9.17, 15) is 4.79 Å². The molecule has 1 unspecified atom stereocenters. The molecule has 0 spiro atoms. The standard InChI is InChI=1S/C14H19N3O/c1-10(16-17-14(15)18)8-11-6-7-12-4-2-3-5-13(12)9-11/h2-5,11H,6-9H2,1H3,(H3,15,17,18). The summed E-state index contributed by atoms with van der Waals surface area (Å²) in [5, 5.41) is 3.97. The van der Waals surface area contributed by atoms with Crippen molar-refractivity contribution in [3.8, 4) is 0 Å². The third kappa shape index (κ3) is 3.32. The summed E-state index contributed by atoms with van der Waals surface area (Å²) in [4.78, 5) is 10.6. The van der Waals surface area contributed by atoms with Crippen molar-refractivity contribution in [2.75, 3.05) is 0 Å². The highest BCUT2D eigenvalue weighted by Gasteiger charge is 2.18. The highest BCUT2D eigenvalue weighted by atomic mass is 16.2. The number of carbonyl (C=O) groups is 1. The number of urea groups is 1. The normalized spacial score (nSPS) is 19.2. The van der Waals surface area contributed by atoms with Gasteiger partial charge in [-0.15, -0.1) is 0 Å². The molecule has 0 heterocycles. The number of aryl methyl sites for hydroxylation is 1. The zero-order chi connectivity index (χ0) is 13.0. The number of amides is 2. The van der Waals surface area contributed by atoms with Gasteiger partial charge in [-0.05, 0) is 49.7 Å². The van der Waals surface area contributed by atoms with Crippen molar-refractivity contribution >= 4 is 11.7 Å². The number of hydrogen-bond donors (Lipinski definition) is 2. The highest BCUT2D eigenvalue weighted by molar-refractivity contribution is 5.83. The molecule has 1 aromatic rings. The van der Waals surface area contributed by atoms with E-state index in [4.69, 9.17) is 5.73 Å². The molecule has 96 valence electrons. The third-order valence-electron chi connectivity index (χ3n) is 3.39. The molecule has 0 saturated heterocycles. The van der Waals surface area contributed by atoms with Crippen LogP contribution in [0.1, 0.15) is 30.9 Å². The van der Waals surface area contributed by atoms with E-state index in [0.29, 0.717) is 5.92 Å². The molecule has 4 nitrogen and oxygen atoms in total. The van der Waals surface area contributed by atoms with Gasteiger partial charge in [0.15, 0.2) is 0 Å². The van der Waals surface area contributed by atoms with E-state index in [1.165, 1.54) is 17.5 Å². The molecule has 2 rings (SSSR count). The van der Waals surface area contributed by atoms with E-state index in [1.807, 2.05) is 6.92 Å². The fourth-order valence-electron chi connectivity index (χ4n) is 2.56. The number of hydrogen-bond acceptors (Lipinski definition) is 2. The van der Waals surface area contributed by atoms with Crippen LogP contribution in [0.3, 0.4) is 0 Å². The predicted octanol–water partition coefficient (Wildman–Crippen LogP) is 2.23. The van der Waals surface area contributed by atoms with Crippen molar-refractivity contribution in [1.82, 2.24) is 5.43 Å². The second-order valence-electron chi connectivity index (χ2n) is 4.90. The van der Waals surface area contributed by atoms with E-state index >= 15 is 0 Å². The maximum absolute atomic E-state index is 10.6. The summed E-state index contributed by atoms with van der Waals surface area (Å²) < 4.78 is 0. The van der Waals surface area contributed by atoms with Gasteiger partial charge in [-0.3, -0.25) is 0 Å². The maximum atomic E-state index is 10.6. The number of nitrogens with zero attached hydrogens (tertiary/aromatic N) is 1. The monoisotopic (exact) mass is 245 g/mol. The lowest BCUT2D eigenvalue weighted by Crippen LogP contribution is -2.26. The van der Waals surface area contributed by atoms with Crippen LogP contribution in [0.2, 0.25) is 0 Å². The first-order chi connectivity index (χ1) is 8.65. The summed E-state index contributed by atoms with van der Waals surface area (Å²) in [6.45, 7) is 1.93. The molecule has 0 bridgehead atoms. The number of fused-ring (bicyclic) bond motifs is 1. The molecule has 4 heteroatoms. The molecule has 0 fully saturated rings. The Morgan fingerprint density at radius 2 is 2.17 bits per heavy atom. The minimum Gasteiger partial charge on any atom is -0.350 e. The summed E-state index contributed by atoms with van der Waals surface area (Å²) >= 11 is 0. The number of nitrogens with two attached hydrogens (primary N) is 1. The quantitative estimate of drug-likeness (QED) is 0.622. The van der Waals surface area contributed by atoms with E-state index in [0.717, 1.165) is 25.0 Å². The molecule has 0 saturated carbocycles.